The molecule has 0 radical (unpaired) electrons. The Morgan fingerprint density at radius 1 is 1.62 bits per heavy atom. The molecule has 2 rings (SSSR count). The predicted octanol–water partition coefficient (Wildman–Crippen LogP) is 0.914. The lowest BCUT2D eigenvalue weighted by Crippen LogP contribution is -2.45. The number of hydrogen-bond acceptors (Lipinski definition) is 3. The molecule has 88 valence electrons. The molecule has 0 unspecified atom stereocenters. The summed E-state index contributed by atoms with van der Waals surface area (Å²) in [5.41, 5.74) is 6.09. The fraction of sp³-hybridized carbons (Fsp3) is 0.636. The van der Waals surface area contributed by atoms with Crippen molar-refractivity contribution in [2.24, 2.45) is 0 Å². The summed E-state index contributed by atoms with van der Waals surface area (Å²) in [5.74, 6) is 0.00694. The van der Waals surface area contributed by atoms with Crippen molar-refractivity contribution in [3.05, 3.63) is 12.4 Å². The number of nitrogens with zero attached hydrogens (tertiary/aromatic N) is 2. The number of nitrogens with two attached hydrogens (primary N) is 1. The lowest BCUT2D eigenvalue weighted by molar-refractivity contribution is -0.123. The highest BCUT2D eigenvalue weighted by Crippen LogP contribution is 2.28. The van der Waals surface area contributed by atoms with Gasteiger partial charge in [-0.15, -0.1) is 0 Å². The third-order valence-electron chi connectivity index (χ3n) is 3.11. The Hall–Kier alpha value is -1.52. The van der Waals surface area contributed by atoms with Gasteiger partial charge in [0.2, 0.25) is 5.91 Å². The molecular formula is C11H18N4O. The zero-order valence-corrected chi connectivity index (χ0v) is 9.57. The van der Waals surface area contributed by atoms with Gasteiger partial charge in [0, 0.05) is 11.7 Å². The van der Waals surface area contributed by atoms with Gasteiger partial charge in [0.05, 0.1) is 11.9 Å². The molecule has 1 heterocycles. The molecule has 0 atom stereocenters. The van der Waals surface area contributed by atoms with Gasteiger partial charge in [0.1, 0.15) is 6.54 Å². The van der Waals surface area contributed by atoms with Crippen LogP contribution in [0.4, 0.5) is 5.69 Å². The number of nitrogens with one attached hydrogen (secondary N) is 1. The highest BCUT2D eigenvalue weighted by atomic mass is 16.2. The summed E-state index contributed by atoms with van der Waals surface area (Å²) >= 11 is 0. The molecule has 1 saturated carbocycles. The van der Waals surface area contributed by atoms with Gasteiger partial charge in [0.15, 0.2) is 0 Å². The van der Waals surface area contributed by atoms with E-state index in [1.807, 2.05) is 0 Å². The topological polar surface area (TPSA) is 72.9 Å². The van der Waals surface area contributed by atoms with Crippen molar-refractivity contribution in [2.75, 3.05) is 5.73 Å². The standard InChI is InChI=1S/C11H18N4O/c1-11(4-2-3-5-11)14-10(16)8-15-7-9(12)6-13-15/h6-7H,2-5,8,12H2,1H3,(H,14,16). The number of amides is 1. The zero-order chi connectivity index (χ0) is 11.6. The summed E-state index contributed by atoms with van der Waals surface area (Å²) in [4.78, 5) is 11.8. The second-order valence-corrected chi connectivity index (χ2v) is 4.79. The van der Waals surface area contributed by atoms with Crippen molar-refractivity contribution in [3.8, 4) is 0 Å². The molecule has 0 spiro atoms. The summed E-state index contributed by atoms with van der Waals surface area (Å²) in [6.07, 6.45) is 7.75. The van der Waals surface area contributed by atoms with Crippen LogP contribution in [0.3, 0.4) is 0 Å². The molecule has 1 aromatic rings. The van der Waals surface area contributed by atoms with E-state index in [-0.39, 0.29) is 18.0 Å². The first-order valence-corrected chi connectivity index (χ1v) is 5.66. The van der Waals surface area contributed by atoms with Gasteiger partial charge in [-0.05, 0) is 19.8 Å². The molecule has 0 bridgehead atoms. The molecular weight excluding hydrogens is 204 g/mol. The second-order valence-electron chi connectivity index (χ2n) is 4.79. The maximum Gasteiger partial charge on any atom is 0.242 e. The predicted molar refractivity (Wildman–Crippen MR) is 61.7 cm³/mol. The number of anilines is 1. The number of hydrogen-bond donors (Lipinski definition) is 2. The van der Waals surface area contributed by atoms with Crippen LogP contribution in [-0.4, -0.2) is 21.2 Å². The van der Waals surface area contributed by atoms with Crippen LogP contribution in [0.25, 0.3) is 0 Å². The highest BCUT2D eigenvalue weighted by molar-refractivity contribution is 5.76. The number of nitrogen functional groups attached to an aromatic ring is 1. The highest BCUT2D eigenvalue weighted by Gasteiger charge is 2.29. The van der Waals surface area contributed by atoms with Crippen molar-refractivity contribution < 1.29 is 4.79 Å². The van der Waals surface area contributed by atoms with Crippen LogP contribution in [0.1, 0.15) is 32.6 Å². The van der Waals surface area contributed by atoms with Gasteiger partial charge in [0.25, 0.3) is 0 Å². The Kier molecular flexibility index (Phi) is 2.85. The van der Waals surface area contributed by atoms with E-state index in [9.17, 15) is 4.79 Å². The lowest BCUT2D eigenvalue weighted by atomic mass is 10.0. The molecule has 5 nitrogen and oxygen atoms in total. The average Bonchev–Trinajstić information content (AvgIpc) is 2.75. The normalized spacial score (nSPS) is 18.6. The Balaban J connectivity index is 1.89. The quantitative estimate of drug-likeness (QED) is 0.798. The third-order valence-corrected chi connectivity index (χ3v) is 3.11. The fourth-order valence-electron chi connectivity index (χ4n) is 2.27. The minimum atomic E-state index is -0.0181. The van der Waals surface area contributed by atoms with E-state index in [0.717, 1.165) is 12.8 Å². The Labute approximate surface area is 95.0 Å². The van der Waals surface area contributed by atoms with E-state index >= 15 is 0 Å². The van der Waals surface area contributed by atoms with Gasteiger partial charge < -0.3 is 11.1 Å². The van der Waals surface area contributed by atoms with Crippen molar-refractivity contribution in [1.82, 2.24) is 15.1 Å². The number of carbonyl (C=O) groups excluding carboxylic acids is 1. The number of rotatable bonds is 3. The molecule has 16 heavy (non-hydrogen) atoms. The molecule has 1 aliphatic carbocycles. The average molecular weight is 222 g/mol. The van der Waals surface area contributed by atoms with Crippen molar-refractivity contribution >= 4 is 11.6 Å². The second kappa shape index (κ2) is 4.15. The van der Waals surface area contributed by atoms with E-state index < -0.39 is 0 Å². The van der Waals surface area contributed by atoms with Crippen LogP contribution < -0.4 is 11.1 Å². The summed E-state index contributed by atoms with van der Waals surface area (Å²) in [7, 11) is 0. The van der Waals surface area contributed by atoms with Crippen molar-refractivity contribution in [3.63, 3.8) is 0 Å². The van der Waals surface area contributed by atoms with E-state index in [0.29, 0.717) is 5.69 Å². The number of aromatic nitrogens is 2. The molecule has 1 fully saturated rings. The smallest absolute Gasteiger partial charge is 0.242 e. The van der Waals surface area contributed by atoms with Crippen LogP contribution in [0.5, 0.6) is 0 Å². The molecule has 3 N–H and O–H groups in total. The van der Waals surface area contributed by atoms with Gasteiger partial charge in [-0.2, -0.15) is 5.10 Å². The molecule has 5 heteroatoms. The molecule has 0 aliphatic heterocycles. The first-order chi connectivity index (χ1) is 7.57. The van der Waals surface area contributed by atoms with Crippen LogP contribution in [0.15, 0.2) is 12.4 Å². The Bertz CT molecular complexity index is 379. The number of carbonyl (C=O) groups is 1. The lowest BCUT2D eigenvalue weighted by Gasteiger charge is -2.25. The first kappa shape index (κ1) is 11.0. The van der Waals surface area contributed by atoms with Gasteiger partial charge in [-0.25, -0.2) is 0 Å². The van der Waals surface area contributed by atoms with Crippen molar-refractivity contribution in [1.29, 1.82) is 0 Å². The maximum absolute atomic E-state index is 11.8. The first-order valence-electron chi connectivity index (χ1n) is 5.66. The van der Waals surface area contributed by atoms with E-state index in [2.05, 4.69) is 17.3 Å². The van der Waals surface area contributed by atoms with Gasteiger partial charge in [-0.1, -0.05) is 12.8 Å². The minimum absolute atomic E-state index is 0.00694. The summed E-state index contributed by atoms with van der Waals surface area (Å²) in [6, 6.07) is 0. The molecule has 1 aliphatic rings. The summed E-state index contributed by atoms with van der Waals surface area (Å²) < 4.78 is 1.56. The largest absolute Gasteiger partial charge is 0.396 e. The summed E-state index contributed by atoms with van der Waals surface area (Å²) in [6.45, 7) is 2.35. The molecule has 1 amide bonds. The van der Waals surface area contributed by atoms with E-state index in [4.69, 9.17) is 5.73 Å². The fourth-order valence-corrected chi connectivity index (χ4v) is 2.27. The van der Waals surface area contributed by atoms with Crippen LogP contribution in [-0.2, 0) is 11.3 Å². The third kappa shape index (κ3) is 2.53. The molecule has 0 saturated heterocycles. The van der Waals surface area contributed by atoms with Crippen LogP contribution in [0, 0.1) is 0 Å². The van der Waals surface area contributed by atoms with Gasteiger partial charge >= 0.3 is 0 Å². The van der Waals surface area contributed by atoms with Crippen LogP contribution in [0.2, 0.25) is 0 Å². The zero-order valence-electron chi connectivity index (χ0n) is 9.57. The van der Waals surface area contributed by atoms with E-state index in [1.54, 1.807) is 17.1 Å². The minimum Gasteiger partial charge on any atom is -0.396 e. The monoisotopic (exact) mass is 222 g/mol. The van der Waals surface area contributed by atoms with Crippen LogP contribution >= 0.6 is 0 Å². The maximum atomic E-state index is 11.8. The molecule has 1 aromatic heterocycles. The van der Waals surface area contributed by atoms with Crippen molar-refractivity contribution in [2.45, 2.75) is 44.7 Å². The SMILES string of the molecule is CC1(NC(=O)Cn2cc(N)cn2)CCCC1. The van der Waals surface area contributed by atoms with E-state index in [1.165, 1.54) is 12.8 Å². The molecule has 0 aromatic carbocycles. The Morgan fingerprint density at radius 3 is 2.88 bits per heavy atom. The summed E-state index contributed by atoms with van der Waals surface area (Å²) in [5, 5.41) is 7.06. The van der Waals surface area contributed by atoms with Gasteiger partial charge in [-0.3, -0.25) is 9.48 Å². The Morgan fingerprint density at radius 2 is 2.31 bits per heavy atom.